The van der Waals surface area contributed by atoms with Crippen LogP contribution in [0.4, 0.5) is 11.5 Å². The van der Waals surface area contributed by atoms with E-state index in [4.69, 9.17) is 28.5 Å². The minimum absolute atomic E-state index is 0.161. The predicted octanol–water partition coefficient (Wildman–Crippen LogP) is 4.02. The Kier molecular flexibility index (Phi) is 5.44. The van der Waals surface area contributed by atoms with E-state index < -0.39 is 0 Å². The highest BCUT2D eigenvalue weighted by atomic mass is 35.5. The molecule has 0 saturated heterocycles. The van der Waals surface area contributed by atoms with Crippen LogP contribution in [0.3, 0.4) is 0 Å². The Morgan fingerprint density at radius 3 is 2.88 bits per heavy atom. The van der Waals surface area contributed by atoms with Gasteiger partial charge in [0.1, 0.15) is 5.82 Å². The zero-order chi connectivity index (χ0) is 24.0. The van der Waals surface area contributed by atoms with Gasteiger partial charge < -0.3 is 10.5 Å². The number of nitrogens with zero attached hydrogens (tertiary/aromatic N) is 5. The molecule has 0 spiro atoms. The third-order valence-corrected chi connectivity index (χ3v) is 6.24. The number of rotatable bonds is 4. The van der Waals surface area contributed by atoms with E-state index in [9.17, 15) is 4.79 Å². The van der Waals surface area contributed by atoms with Gasteiger partial charge >= 0.3 is 0 Å². The number of carbonyl (C=O) groups is 1. The van der Waals surface area contributed by atoms with Crippen LogP contribution in [0.5, 0.6) is 0 Å². The van der Waals surface area contributed by atoms with Crippen molar-refractivity contribution in [3.8, 4) is 12.3 Å². The normalized spacial score (nSPS) is 14.7. The number of halogens is 1. The van der Waals surface area contributed by atoms with Crippen molar-refractivity contribution in [1.82, 2.24) is 19.7 Å². The number of nitrogens with two attached hydrogens (primary N) is 1. The summed E-state index contributed by atoms with van der Waals surface area (Å²) in [5.41, 5.74) is 10.9. The zero-order valence-electron chi connectivity index (χ0n) is 18.6. The Balaban J connectivity index is 1.60. The van der Waals surface area contributed by atoms with Crippen LogP contribution in [0.1, 0.15) is 45.8 Å². The summed E-state index contributed by atoms with van der Waals surface area (Å²) in [4.78, 5) is 24.3. The van der Waals surface area contributed by atoms with Crippen molar-refractivity contribution in [3.05, 3.63) is 75.8 Å². The number of ether oxygens (including phenoxy) is 1. The van der Waals surface area contributed by atoms with Crippen molar-refractivity contribution in [2.45, 2.75) is 26.2 Å². The second-order valence-corrected chi connectivity index (χ2v) is 8.54. The summed E-state index contributed by atoms with van der Waals surface area (Å²) in [7, 11) is 1.79. The summed E-state index contributed by atoms with van der Waals surface area (Å²) < 4.78 is 7.41. The molecule has 1 amide bonds. The number of anilines is 2. The number of aromatic nitrogens is 4. The molecule has 34 heavy (non-hydrogen) atoms. The fraction of sp³-hybridized carbons (Fsp3) is 0.200. The van der Waals surface area contributed by atoms with Gasteiger partial charge in [-0.15, -0.1) is 6.42 Å². The van der Waals surface area contributed by atoms with Gasteiger partial charge in [-0.05, 0) is 36.8 Å². The first-order chi connectivity index (χ1) is 16.4. The molecule has 1 aliphatic rings. The van der Waals surface area contributed by atoms with Crippen molar-refractivity contribution in [1.29, 1.82) is 0 Å². The highest BCUT2D eigenvalue weighted by Gasteiger charge is 2.28. The summed E-state index contributed by atoms with van der Waals surface area (Å²) >= 11 is 6.59. The van der Waals surface area contributed by atoms with E-state index >= 15 is 0 Å². The lowest BCUT2D eigenvalue weighted by atomic mass is 10.00. The Morgan fingerprint density at radius 1 is 1.38 bits per heavy atom. The Labute approximate surface area is 201 Å². The van der Waals surface area contributed by atoms with Gasteiger partial charge in [0.25, 0.3) is 5.91 Å². The van der Waals surface area contributed by atoms with E-state index in [1.165, 1.54) is 0 Å². The Hall–Kier alpha value is -3.93. The number of benzene rings is 1. The Morgan fingerprint density at radius 2 is 2.21 bits per heavy atom. The lowest BCUT2D eigenvalue weighted by Gasteiger charge is -2.22. The number of aryl methyl sites for hydroxylation is 1. The number of nitrogen functional groups attached to an aromatic ring is 1. The van der Waals surface area contributed by atoms with Crippen LogP contribution in [0, 0.1) is 12.3 Å². The zero-order valence-corrected chi connectivity index (χ0v) is 19.4. The van der Waals surface area contributed by atoms with E-state index in [0.717, 1.165) is 16.5 Å². The molecule has 4 aromatic rings. The molecule has 0 radical (unpaired) electrons. The average Bonchev–Trinajstić information content (AvgIpc) is 3.43. The first kappa shape index (κ1) is 21.9. The second kappa shape index (κ2) is 8.45. The first-order valence-corrected chi connectivity index (χ1v) is 11.0. The number of hydrogen-bond acceptors (Lipinski definition) is 6. The summed E-state index contributed by atoms with van der Waals surface area (Å²) in [6.07, 6.45) is 10.3. The lowest BCUT2D eigenvalue weighted by molar-refractivity contribution is 0.0801. The molecule has 5 rings (SSSR count). The minimum Gasteiger partial charge on any atom is -0.383 e. The molecule has 3 aromatic heterocycles. The number of terminal acetylenes is 1. The summed E-state index contributed by atoms with van der Waals surface area (Å²) in [5.74, 6) is 2.67. The molecule has 9 heteroatoms. The molecule has 1 aliphatic heterocycles. The number of fused-ring (bicyclic) bond motifs is 3. The summed E-state index contributed by atoms with van der Waals surface area (Å²) in [6, 6.07) is 7.03. The van der Waals surface area contributed by atoms with Crippen LogP contribution in [0.2, 0.25) is 5.02 Å². The van der Waals surface area contributed by atoms with Gasteiger partial charge in [0.05, 0.1) is 52.9 Å². The van der Waals surface area contributed by atoms with Crippen molar-refractivity contribution >= 4 is 39.9 Å². The monoisotopic (exact) mass is 472 g/mol. The quantitative estimate of drug-likeness (QED) is 0.450. The number of amides is 1. The lowest BCUT2D eigenvalue weighted by Crippen LogP contribution is -2.31. The minimum atomic E-state index is -0.291. The van der Waals surface area contributed by atoms with Crippen LogP contribution in [-0.4, -0.2) is 25.7 Å². The van der Waals surface area contributed by atoms with Gasteiger partial charge in [0, 0.05) is 36.0 Å². The van der Waals surface area contributed by atoms with Gasteiger partial charge in [0.15, 0.2) is 0 Å². The fourth-order valence-electron chi connectivity index (χ4n) is 4.19. The molecule has 4 heterocycles. The molecular weight excluding hydrogens is 452 g/mol. The van der Waals surface area contributed by atoms with Gasteiger partial charge in [-0.1, -0.05) is 17.5 Å². The van der Waals surface area contributed by atoms with Crippen LogP contribution in [-0.2, 0) is 24.9 Å². The highest BCUT2D eigenvalue weighted by molar-refractivity contribution is 6.35. The predicted molar refractivity (Wildman–Crippen MR) is 130 cm³/mol. The van der Waals surface area contributed by atoms with E-state index in [1.807, 2.05) is 6.92 Å². The van der Waals surface area contributed by atoms with Crippen LogP contribution in [0.25, 0.3) is 10.9 Å². The third kappa shape index (κ3) is 3.75. The maximum atomic E-state index is 13.8. The standard InChI is InChI=1S/C25H21ClN6O2/c1-4-15-5-6-16(28-9-15)11-32(17-10-29-31(3)12-17)25(33)19-7-18-20-13-34-14(2)23(20)24(27)30-22(18)8-21(19)26/h1,5-10,12,14H,11,13H2,2-3H3,(H2,27,30). The third-order valence-electron chi connectivity index (χ3n) is 5.93. The largest absolute Gasteiger partial charge is 0.383 e. The maximum Gasteiger partial charge on any atom is 0.260 e. The molecule has 0 saturated carbocycles. The fourth-order valence-corrected chi connectivity index (χ4v) is 4.43. The van der Waals surface area contributed by atoms with Gasteiger partial charge in [-0.2, -0.15) is 5.10 Å². The van der Waals surface area contributed by atoms with Crippen molar-refractivity contribution in [2.75, 3.05) is 10.6 Å². The molecule has 170 valence electrons. The maximum absolute atomic E-state index is 13.8. The van der Waals surface area contributed by atoms with E-state index in [-0.39, 0.29) is 23.6 Å². The molecule has 0 aliphatic carbocycles. The summed E-state index contributed by atoms with van der Waals surface area (Å²) in [6.45, 7) is 2.54. The van der Waals surface area contributed by atoms with Crippen LogP contribution < -0.4 is 10.6 Å². The molecule has 1 atom stereocenters. The SMILES string of the molecule is C#Cc1ccc(CN(C(=O)c2cc3c4c(c(N)nc3cc2Cl)C(C)OC4)c2cnn(C)c2)nc1. The van der Waals surface area contributed by atoms with Crippen molar-refractivity contribution < 1.29 is 9.53 Å². The number of hydrogen-bond donors (Lipinski definition) is 1. The molecule has 2 N–H and O–H groups in total. The highest BCUT2D eigenvalue weighted by Crippen LogP contribution is 2.39. The molecule has 0 fully saturated rings. The molecular formula is C25H21ClN6O2. The smallest absolute Gasteiger partial charge is 0.260 e. The van der Waals surface area contributed by atoms with E-state index in [2.05, 4.69) is 21.0 Å². The Bertz CT molecular complexity index is 1470. The van der Waals surface area contributed by atoms with E-state index in [0.29, 0.717) is 40.4 Å². The summed E-state index contributed by atoms with van der Waals surface area (Å²) in [5, 5.41) is 5.30. The second-order valence-electron chi connectivity index (χ2n) is 8.14. The number of carbonyl (C=O) groups excluding carboxylic acids is 1. The van der Waals surface area contributed by atoms with Crippen LogP contribution >= 0.6 is 11.6 Å². The topological polar surface area (TPSA) is 99.2 Å². The van der Waals surface area contributed by atoms with Gasteiger partial charge in [0.2, 0.25) is 0 Å². The molecule has 8 nitrogen and oxygen atoms in total. The van der Waals surface area contributed by atoms with Gasteiger partial charge in [-0.25, -0.2) is 4.98 Å². The van der Waals surface area contributed by atoms with Crippen molar-refractivity contribution in [2.24, 2.45) is 7.05 Å². The van der Waals surface area contributed by atoms with Crippen LogP contribution in [0.15, 0.2) is 42.9 Å². The molecule has 0 bridgehead atoms. The van der Waals surface area contributed by atoms with E-state index in [1.54, 1.807) is 59.5 Å². The molecule has 1 unspecified atom stereocenters. The average molecular weight is 473 g/mol. The molecule has 1 aromatic carbocycles. The first-order valence-electron chi connectivity index (χ1n) is 10.6. The van der Waals surface area contributed by atoms with Gasteiger partial charge in [-0.3, -0.25) is 19.4 Å². The van der Waals surface area contributed by atoms with Crippen molar-refractivity contribution in [3.63, 3.8) is 0 Å². The number of pyridine rings is 2.